The molecule has 1 atom stereocenters. The summed E-state index contributed by atoms with van der Waals surface area (Å²) in [4.78, 5) is 31.1. The Balaban J connectivity index is 1.62. The Labute approximate surface area is 195 Å². The summed E-state index contributed by atoms with van der Waals surface area (Å²) in [6.07, 6.45) is -2.00. The van der Waals surface area contributed by atoms with Gasteiger partial charge < -0.3 is 15.5 Å². The smallest absolute Gasteiger partial charge is 0.355 e. The first-order valence-electron chi connectivity index (χ1n) is 10.8. The number of alkyl halides is 3. The lowest BCUT2D eigenvalue weighted by Gasteiger charge is -2.32. The monoisotopic (exact) mass is 482 g/mol. The van der Waals surface area contributed by atoms with Gasteiger partial charge in [0.15, 0.2) is 0 Å². The number of para-hydroxylation sites is 1. The molecular weight excluding hydrogens is 457 g/mol. The highest BCUT2D eigenvalue weighted by Crippen LogP contribution is 2.34. The minimum Gasteiger partial charge on any atom is -0.355 e. The molecule has 178 valence electrons. The van der Waals surface area contributed by atoms with Crippen LogP contribution in [0.2, 0.25) is 5.02 Å². The first-order chi connectivity index (χ1) is 15.6. The van der Waals surface area contributed by atoms with Crippen molar-refractivity contribution in [2.24, 2.45) is 5.92 Å². The van der Waals surface area contributed by atoms with Gasteiger partial charge in [-0.1, -0.05) is 30.7 Å². The van der Waals surface area contributed by atoms with Crippen LogP contribution < -0.4 is 15.5 Å². The number of hydrogen-bond donors (Lipinski definition) is 2. The summed E-state index contributed by atoms with van der Waals surface area (Å²) in [6, 6.07) is 7.70. The molecule has 1 aromatic heterocycles. The van der Waals surface area contributed by atoms with Crippen LogP contribution in [-0.4, -0.2) is 35.9 Å². The number of benzene rings is 1. The second-order valence-electron chi connectivity index (χ2n) is 8.11. The van der Waals surface area contributed by atoms with Crippen LogP contribution in [0.4, 0.5) is 24.7 Å². The standard InChI is InChI=1S/C23H26ClF3N4O2/c1-3-14(2)29-22(33)17-6-4-5-7-19(17)30-21(32)15-8-10-31(11-9-15)20-18(24)12-16(13-28-20)23(25,26)27/h4-7,12-15H,3,8-11H2,1-2H3,(H,29,33)(H,30,32). The zero-order valence-corrected chi connectivity index (χ0v) is 19.1. The molecule has 2 amide bonds. The van der Waals surface area contributed by atoms with E-state index < -0.39 is 11.7 Å². The van der Waals surface area contributed by atoms with E-state index in [4.69, 9.17) is 11.6 Å². The van der Waals surface area contributed by atoms with Gasteiger partial charge in [-0.3, -0.25) is 9.59 Å². The Morgan fingerprint density at radius 2 is 1.91 bits per heavy atom. The Morgan fingerprint density at radius 1 is 1.24 bits per heavy atom. The molecule has 10 heteroatoms. The van der Waals surface area contributed by atoms with Crippen molar-refractivity contribution in [1.29, 1.82) is 0 Å². The molecule has 2 N–H and O–H groups in total. The summed E-state index contributed by atoms with van der Waals surface area (Å²) in [5, 5.41) is 5.68. The molecule has 2 aromatic rings. The second kappa shape index (κ2) is 10.4. The van der Waals surface area contributed by atoms with E-state index in [1.807, 2.05) is 13.8 Å². The molecule has 0 radical (unpaired) electrons. The highest BCUT2D eigenvalue weighted by atomic mass is 35.5. The van der Waals surface area contributed by atoms with Crippen molar-refractivity contribution in [3.05, 3.63) is 52.7 Å². The number of rotatable bonds is 6. The summed E-state index contributed by atoms with van der Waals surface area (Å²) in [5.74, 6) is -0.487. The number of aromatic nitrogens is 1. The largest absolute Gasteiger partial charge is 0.417 e. The van der Waals surface area contributed by atoms with Crippen molar-refractivity contribution in [2.75, 3.05) is 23.3 Å². The maximum absolute atomic E-state index is 12.9. The van der Waals surface area contributed by atoms with Crippen LogP contribution in [0, 0.1) is 5.92 Å². The third kappa shape index (κ3) is 6.16. The molecule has 0 aliphatic carbocycles. The summed E-state index contributed by atoms with van der Waals surface area (Å²) in [6.45, 7) is 4.72. The number of nitrogens with zero attached hydrogens (tertiary/aromatic N) is 2. The Morgan fingerprint density at radius 3 is 2.52 bits per heavy atom. The number of carbonyl (C=O) groups excluding carboxylic acids is 2. The second-order valence-corrected chi connectivity index (χ2v) is 8.51. The van der Waals surface area contributed by atoms with Gasteiger partial charge in [-0.25, -0.2) is 4.98 Å². The number of amides is 2. The van der Waals surface area contributed by atoms with Gasteiger partial charge in [0.05, 0.1) is 21.8 Å². The number of anilines is 2. The van der Waals surface area contributed by atoms with E-state index in [-0.39, 0.29) is 34.6 Å². The van der Waals surface area contributed by atoms with Crippen molar-refractivity contribution < 1.29 is 22.8 Å². The van der Waals surface area contributed by atoms with E-state index in [1.165, 1.54) is 0 Å². The lowest BCUT2D eigenvalue weighted by molar-refractivity contribution is -0.137. The van der Waals surface area contributed by atoms with Crippen LogP contribution in [0.15, 0.2) is 36.5 Å². The number of carbonyl (C=O) groups is 2. The molecule has 1 aliphatic rings. The molecule has 33 heavy (non-hydrogen) atoms. The fourth-order valence-electron chi connectivity index (χ4n) is 3.60. The molecular formula is C23H26ClF3N4O2. The van der Waals surface area contributed by atoms with Gasteiger partial charge in [0.25, 0.3) is 5.91 Å². The highest BCUT2D eigenvalue weighted by molar-refractivity contribution is 6.33. The quantitative estimate of drug-likeness (QED) is 0.598. The third-order valence-electron chi connectivity index (χ3n) is 5.73. The van der Waals surface area contributed by atoms with Crippen molar-refractivity contribution in [3.63, 3.8) is 0 Å². The van der Waals surface area contributed by atoms with Crippen LogP contribution in [0.25, 0.3) is 0 Å². The number of hydrogen-bond acceptors (Lipinski definition) is 4. The maximum atomic E-state index is 12.9. The first-order valence-corrected chi connectivity index (χ1v) is 11.2. The highest BCUT2D eigenvalue weighted by Gasteiger charge is 2.33. The molecule has 1 saturated heterocycles. The van der Waals surface area contributed by atoms with Gasteiger partial charge in [-0.2, -0.15) is 13.2 Å². The lowest BCUT2D eigenvalue weighted by atomic mass is 9.95. The van der Waals surface area contributed by atoms with E-state index in [1.54, 1.807) is 29.2 Å². The van der Waals surface area contributed by atoms with Gasteiger partial charge in [0, 0.05) is 31.2 Å². The predicted molar refractivity (Wildman–Crippen MR) is 121 cm³/mol. The Kier molecular flexibility index (Phi) is 7.84. The van der Waals surface area contributed by atoms with Gasteiger partial charge in [0.2, 0.25) is 5.91 Å². The summed E-state index contributed by atoms with van der Waals surface area (Å²) in [5.41, 5.74) is -0.0657. The normalized spacial score (nSPS) is 15.8. The minimum atomic E-state index is -4.51. The average molecular weight is 483 g/mol. The van der Waals surface area contributed by atoms with Crippen molar-refractivity contribution in [2.45, 2.75) is 45.3 Å². The Bertz CT molecular complexity index is 1010. The first kappa shape index (κ1) is 24.8. The number of piperidine rings is 1. The zero-order chi connectivity index (χ0) is 24.2. The van der Waals surface area contributed by atoms with Crippen LogP contribution in [0.1, 0.15) is 49.0 Å². The van der Waals surface area contributed by atoms with Crippen LogP contribution in [-0.2, 0) is 11.0 Å². The van der Waals surface area contributed by atoms with E-state index in [9.17, 15) is 22.8 Å². The van der Waals surface area contributed by atoms with E-state index >= 15 is 0 Å². The van der Waals surface area contributed by atoms with Gasteiger partial charge in [-0.15, -0.1) is 0 Å². The van der Waals surface area contributed by atoms with E-state index in [0.717, 1.165) is 18.7 Å². The number of nitrogens with one attached hydrogen (secondary N) is 2. The molecule has 3 rings (SSSR count). The molecule has 1 aliphatic heterocycles. The van der Waals surface area contributed by atoms with Gasteiger partial charge >= 0.3 is 6.18 Å². The molecule has 1 unspecified atom stereocenters. The SMILES string of the molecule is CCC(C)NC(=O)c1ccccc1NC(=O)C1CCN(c2ncc(C(F)(F)F)cc2Cl)CC1. The topological polar surface area (TPSA) is 74.3 Å². The van der Waals surface area contributed by atoms with E-state index in [2.05, 4.69) is 15.6 Å². The minimum absolute atomic E-state index is 0.0104. The fraction of sp³-hybridized carbons (Fsp3) is 0.435. The Hall–Kier alpha value is -2.81. The molecule has 2 heterocycles. The van der Waals surface area contributed by atoms with E-state index in [0.29, 0.717) is 37.2 Å². The van der Waals surface area contributed by atoms with Crippen molar-refractivity contribution in [3.8, 4) is 0 Å². The van der Waals surface area contributed by atoms with Crippen molar-refractivity contribution >= 4 is 34.9 Å². The molecule has 0 bridgehead atoms. The zero-order valence-electron chi connectivity index (χ0n) is 18.4. The van der Waals surface area contributed by atoms with Crippen LogP contribution in [0.5, 0.6) is 0 Å². The lowest BCUT2D eigenvalue weighted by Crippen LogP contribution is -2.39. The van der Waals surface area contributed by atoms with Gasteiger partial charge in [-0.05, 0) is 44.4 Å². The molecule has 0 saturated carbocycles. The number of pyridine rings is 1. The summed E-state index contributed by atoms with van der Waals surface area (Å²) >= 11 is 6.05. The molecule has 0 spiro atoms. The average Bonchev–Trinajstić information content (AvgIpc) is 2.78. The fourth-order valence-corrected chi connectivity index (χ4v) is 3.89. The third-order valence-corrected chi connectivity index (χ3v) is 6.01. The van der Waals surface area contributed by atoms with Crippen LogP contribution >= 0.6 is 11.6 Å². The molecule has 1 aromatic carbocycles. The van der Waals surface area contributed by atoms with Crippen molar-refractivity contribution in [1.82, 2.24) is 10.3 Å². The van der Waals surface area contributed by atoms with Gasteiger partial charge in [0.1, 0.15) is 5.82 Å². The maximum Gasteiger partial charge on any atom is 0.417 e. The molecule has 6 nitrogen and oxygen atoms in total. The number of halogens is 4. The predicted octanol–water partition coefficient (Wildman–Crippen LogP) is 5.14. The van der Waals surface area contributed by atoms with Crippen LogP contribution in [0.3, 0.4) is 0 Å². The molecule has 1 fully saturated rings. The summed E-state index contributed by atoms with van der Waals surface area (Å²) < 4.78 is 38.5. The summed E-state index contributed by atoms with van der Waals surface area (Å²) in [7, 11) is 0.